The SMILES string of the molecule is CCN1C(=O)Cc2cc(CC(=O)O)ccc21. The number of amides is 1. The summed E-state index contributed by atoms with van der Waals surface area (Å²) in [6.45, 7) is 2.59. The van der Waals surface area contributed by atoms with Gasteiger partial charge in [0.2, 0.25) is 5.91 Å². The molecule has 0 bridgehead atoms. The molecule has 4 nitrogen and oxygen atoms in total. The lowest BCUT2D eigenvalue weighted by atomic mass is 10.1. The van der Waals surface area contributed by atoms with Crippen LogP contribution in [0.2, 0.25) is 0 Å². The largest absolute Gasteiger partial charge is 0.481 e. The third-order valence-corrected chi connectivity index (χ3v) is 2.75. The number of aliphatic carboxylic acids is 1. The lowest BCUT2D eigenvalue weighted by Gasteiger charge is -2.14. The second-order valence-electron chi connectivity index (χ2n) is 3.85. The van der Waals surface area contributed by atoms with Gasteiger partial charge in [-0.2, -0.15) is 0 Å². The Morgan fingerprint density at radius 2 is 2.25 bits per heavy atom. The summed E-state index contributed by atoms with van der Waals surface area (Å²) in [5.41, 5.74) is 2.60. The zero-order chi connectivity index (χ0) is 11.7. The van der Waals surface area contributed by atoms with Crippen molar-refractivity contribution >= 4 is 17.6 Å². The van der Waals surface area contributed by atoms with E-state index in [1.54, 1.807) is 11.0 Å². The Hall–Kier alpha value is -1.84. The third kappa shape index (κ3) is 1.78. The number of hydrogen-bond acceptors (Lipinski definition) is 2. The lowest BCUT2D eigenvalue weighted by Crippen LogP contribution is -2.25. The molecule has 2 rings (SSSR count). The molecule has 0 fully saturated rings. The van der Waals surface area contributed by atoms with Gasteiger partial charge in [-0.05, 0) is 24.1 Å². The maximum absolute atomic E-state index is 11.6. The number of benzene rings is 1. The van der Waals surface area contributed by atoms with E-state index < -0.39 is 5.97 Å². The van der Waals surface area contributed by atoms with Crippen LogP contribution in [0, 0.1) is 0 Å². The molecule has 0 atom stereocenters. The van der Waals surface area contributed by atoms with Gasteiger partial charge in [-0.15, -0.1) is 0 Å². The maximum atomic E-state index is 11.6. The molecule has 16 heavy (non-hydrogen) atoms. The standard InChI is InChI=1S/C12H13NO3/c1-2-13-10-4-3-8(6-12(15)16)5-9(10)7-11(13)14/h3-5H,2,6-7H2,1H3,(H,15,16). The highest BCUT2D eigenvalue weighted by Crippen LogP contribution is 2.29. The van der Waals surface area contributed by atoms with Crippen molar-refractivity contribution in [2.45, 2.75) is 19.8 Å². The van der Waals surface area contributed by atoms with E-state index in [0.717, 1.165) is 16.8 Å². The van der Waals surface area contributed by atoms with Crippen LogP contribution in [0.5, 0.6) is 0 Å². The molecule has 0 radical (unpaired) electrons. The van der Waals surface area contributed by atoms with E-state index in [2.05, 4.69) is 0 Å². The van der Waals surface area contributed by atoms with E-state index in [-0.39, 0.29) is 12.3 Å². The summed E-state index contributed by atoms with van der Waals surface area (Å²) in [5.74, 6) is -0.762. The molecule has 4 heteroatoms. The topological polar surface area (TPSA) is 57.6 Å². The van der Waals surface area contributed by atoms with Crippen molar-refractivity contribution in [2.24, 2.45) is 0 Å². The van der Waals surface area contributed by atoms with Gasteiger partial charge in [-0.3, -0.25) is 9.59 Å². The summed E-state index contributed by atoms with van der Waals surface area (Å²) in [5, 5.41) is 8.69. The second kappa shape index (κ2) is 3.96. The van der Waals surface area contributed by atoms with Crippen molar-refractivity contribution in [2.75, 3.05) is 11.4 Å². The minimum Gasteiger partial charge on any atom is -0.481 e. The van der Waals surface area contributed by atoms with Crippen LogP contribution in [-0.2, 0) is 22.4 Å². The Bertz CT molecular complexity index is 454. The van der Waals surface area contributed by atoms with Gasteiger partial charge in [0, 0.05) is 12.2 Å². The molecule has 0 aliphatic carbocycles. The number of fused-ring (bicyclic) bond motifs is 1. The van der Waals surface area contributed by atoms with Crippen LogP contribution in [0.25, 0.3) is 0 Å². The molecule has 1 aliphatic heterocycles. The third-order valence-electron chi connectivity index (χ3n) is 2.75. The van der Waals surface area contributed by atoms with Crippen LogP contribution in [0.4, 0.5) is 5.69 Å². The molecule has 0 unspecified atom stereocenters. The van der Waals surface area contributed by atoms with E-state index >= 15 is 0 Å². The van der Waals surface area contributed by atoms with Crippen molar-refractivity contribution in [3.8, 4) is 0 Å². The van der Waals surface area contributed by atoms with Crippen LogP contribution in [0.1, 0.15) is 18.1 Å². The molecular formula is C12H13NO3. The maximum Gasteiger partial charge on any atom is 0.307 e. The van der Waals surface area contributed by atoms with E-state index in [1.807, 2.05) is 19.1 Å². The summed E-state index contributed by atoms with van der Waals surface area (Å²) in [6, 6.07) is 5.42. The fourth-order valence-electron chi connectivity index (χ4n) is 2.07. The highest BCUT2D eigenvalue weighted by Gasteiger charge is 2.25. The van der Waals surface area contributed by atoms with E-state index in [1.165, 1.54) is 0 Å². The first-order valence-corrected chi connectivity index (χ1v) is 5.25. The van der Waals surface area contributed by atoms with Gasteiger partial charge in [0.1, 0.15) is 0 Å². The van der Waals surface area contributed by atoms with Gasteiger partial charge in [0.25, 0.3) is 0 Å². The number of likely N-dealkylation sites (N-methyl/N-ethyl adjacent to an activating group) is 1. The van der Waals surface area contributed by atoms with Crippen molar-refractivity contribution in [1.29, 1.82) is 0 Å². The van der Waals surface area contributed by atoms with Crippen LogP contribution in [0.15, 0.2) is 18.2 Å². The lowest BCUT2D eigenvalue weighted by molar-refractivity contribution is -0.136. The van der Waals surface area contributed by atoms with Crippen LogP contribution >= 0.6 is 0 Å². The molecule has 0 saturated heterocycles. The summed E-state index contributed by atoms with van der Waals surface area (Å²) in [4.78, 5) is 23.9. The second-order valence-corrected chi connectivity index (χ2v) is 3.85. The zero-order valence-corrected chi connectivity index (χ0v) is 9.06. The first kappa shape index (κ1) is 10.7. The van der Waals surface area contributed by atoms with Crippen LogP contribution in [0.3, 0.4) is 0 Å². The molecule has 0 saturated carbocycles. The monoisotopic (exact) mass is 219 g/mol. The predicted molar refractivity (Wildman–Crippen MR) is 59.5 cm³/mol. The summed E-state index contributed by atoms with van der Waals surface area (Å²) >= 11 is 0. The molecule has 1 heterocycles. The molecule has 84 valence electrons. The van der Waals surface area contributed by atoms with Crippen molar-refractivity contribution in [3.05, 3.63) is 29.3 Å². The molecule has 1 aromatic carbocycles. The molecule has 1 N–H and O–H groups in total. The van der Waals surface area contributed by atoms with Crippen LogP contribution in [-0.4, -0.2) is 23.5 Å². The predicted octanol–water partition coefficient (Wildman–Crippen LogP) is 1.22. The number of anilines is 1. The smallest absolute Gasteiger partial charge is 0.307 e. The van der Waals surface area contributed by atoms with Gasteiger partial charge >= 0.3 is 5.97 Å². The van der Waals surface area contributed by atoms with Crippen LogP contribution < -0.4 is 4.90 Å². The first-order chi connectivity index (χ1) is 7.61. The number of nitrogens with zero attached hydrogens (tertiary/aromatic N) is 1. The van der Waals surface area contributed by atoms with Crippen molar-refractivity contribution < 1.29 is 14.7 Å². The van der Waals surface area contributed by atoms with E-state index in [0.29, 0.717) is 13.0 Å². The first-order valence-electron chi connectivity index (χ1n) is 5.25. The fourth-order valence-corrected chi connectivity index (χ4v) is 2.07. The average Bonchev–Trinajstić information content (AvgIpc) is 2.51. The molecule has 1 aromatic rings. The number of hydrogen-bond donors (Lipinski definition) is 1. The zero-order valence-electron chi connectivity index (χ0n) is 9.06. The quantitative estimate of drug-likeness (QED) is 0.831. The normalized spacial score (nSPS) is 14.1. The Morgan fingerprint density at radius 3 is 2.88 bits per heavy atom. The Labute approximate surface area is 93.5 Å². The highest BCUT2D eigenvalue weighted by atomic mass is 16.4. The van der Waals surface area contributed by atoms with Crippen molar-refractivity contribution in [3.63, 3.8) is 0 Å². The van der Waals surface area contributed by atoms with Gasteiger partial charge in [0.15, 0.2) is 0 Å². The minimum absolute atomic E-state index is 0.00754. The Balaban J connectivity index is 2.32. The average molecular weight is 219 g/mol. The summed E-state index contributed by atoms with van der Waals surface area (Å²) < 4.78 is 0. The van der Waals surface area contributed by atoms with Gasteiger partial charge in [-0.25, -0.2) is 0 Å². The number of carbonyl (C=O) groups excluding carboxylic acids is 1. The number of carbonyl (C=O) groups is 2. The van der Waals surface area contributed by atoms with Gasteiger partial charge in [-0.1, -0.05) is 12.1 Å². The molecule has 1 aliphatic rings. The Morgan fingerprint density at radius 1 is 1.50 bits per heavy atom. The van der Waals surface area contributed by atoms with Crippen molar-refractivity contribution in [1.82, 2.24) is 0 Å². The highest BCUT2D eigenvalue weighted by molar-refractivity contribution is 6.01. The molecule has 0 aromatic heterocycles. The number of rotatable bonds is 3. The number of carboxylic acid groups (broad SMARTS) is 1. The molecular weight excluding hydrogens is 206 g/mol. The Kier molecular flexibility index (Phi) is 2.64. The summed E-state index contributed by atoms with van der Waals surface area (Å²) in [6.07, 6.45) is 0.393. The summed E-state index contributed by atoms with van der Waals surface area (Å²) in [7, 11) is 0. The van der Waals surface area contributed by atoms with Gasteiger partial charge < -0.3 is 10.0 Å². The molecule has 0 spiro atoms. The van der Waals surface area contributed by atoms with E-state index in [4.69, 9.17) is 5.11 Å². The van der Waals surface area contributed by atoms with E-state index in [9.17, 15) is 9.59 Å². The van der Waals surface area contributed by atoms with Gasteiger partial charge in [0.05, 0.1) is 12.8 Å². The molecule has 1 amide bonds. The fraction of sp³-hybridized carbons (Fsp3) is 0.333. The minimum atomic E-state index is -0.850. The number of carboxylic acids is 1.